The summed E-state index contributed by atoms with van der Waals surface area (Å²) in [5, 5.41) is 0. The Kier molecular flexibility index (Phi) is 16.2. The van der Waals surface area contributed by atoms with Gasteiger partial charge >= 0.3 is 17.9 Å². The third-order valence-electron chi connectivity index (χ3n) is 7.14. The first-order valence-electron chi connectivity index (χ1n) is 16.2. The van der Waals surface area contributed by atoms with E-state index in [2.05, 4.69) is 16.9 Å². The largest absolute Gasteiger partial charge is 0.490 e. The lowest BCUT2D eigenvalue weighted by molar-refractivity contribution is -0.143. The maximum Gasteiger partial charge on any atom is 0.343 e. The summed E-state index contributed by atoms with van der Waals surface area (Å²) in [5.41, 5.74) is 1.43. The van der Waals surface area contributed by atoms with E-state index in [4.69, 9.17) is 18.9 Å². The summed E-state index contributed by atoms with van der Waals surface area (Å²) >= 11 is 0. The van der Waals surface area contributed by atoms with Crippen LogP contribution >= 0.6 is 0 Å². The van der Waals surface area contributed by atoms with Crippen LogP contribution in [0.15, 0.2) is 60.9 Å². The fourth-order valence-corrected chi connectivity index (χ4v) is 4.60. The molecule has 0 bridgehead atoms. The molecule has 0 aliphatic carbocycles. The van der Waals surface area contributed by atoms with Gasteiger partial charge in [0.05, 0.1) is 43.3 Å². The Morgan fingerprint density at radius 3 is 1.80 bits per heavy atom. The number of hydrogen-bond donors (Lipinski definition) is 0. The first-order valence-corrected chi connectivity index (χ1v) is 16.2. The first kappa shape index (κ1) is 35.2. The van der Waals surface area contributed by atoms with Crippen LogP contribution in [0.2, 0.25) is 0 Å². The quantitative estimate of drug-likeness (QED) is 0.0662. The number of aromatic nitrogens is 2. The highest BCUT2D eigenvalue weighted by Crippen LogP contribution is 2.20. The van der Waals surface area contributed by atoms with Gasteiger partial charge in [0.15, 0.2) is 11.6 Å². The number of nitrogens with zero attached hydrogens (tertiary/aromatic N) is 2. The normalized spacial score (nSPS) is 10.7. The lowest BCUT2D eigenvalue weighted by Gasteiger charge is -2.08. The van der Waals surface area contributed by atoms with Crippen LogP contribution in [0.3, 0.4) is 0 Å². The van der Waals surface area contributed by atoms with Gasteiger partial charge < -0.3 is 18.9 Å². The van der Waals surface area contributed by atoms with Gasteiger partial charge in [0.2, 0.25) is 0 Å². The van der Waals surface area contributed by atoms with Gasteiger partial charge in [-0.15, -0.1) is 0 Å². The van der Waals surface area contributed by atoms with Gasteiger partial charge in [0.25, 0.3) is 0 Å². The van der Waals surface area contributed by atoms with Crippen LogP contribution in [0, 0.1) is 0 Å². The molecule has 0 atom stereocenters. The molecule has 0 unspecified atom stereocenters. The Balaban J connectivity index is 1.35. The van der Waals surface area contributed by atoms with Crippen LogP contribution in [0.4, 0.5) is 0 Å². The molecule has 3 aromatic rings. The number of unbranched alkanes of at least 4 members (excludes halogenated alkanes) is 9. The van der Waals surface area contributed by atoms with Crippen LogP contribution in [0.5, 0.6) is 11.5 Å². The maximum absolute atomic E-state index is 12.6. The van der Waals surface area contributed by atoms with E-state index in [9.17, 15) is 14.4 Å². The van der Waals surface area contributed by atoms with Gasteiger partial charge in [0.1, 0.15) is 5.75 Å². The third-order valence-corrected chi connectivity index (χ3v) is 7.14. The van der Waals surface area contributed by atoms with Crippen LogP contribution < -0.4 is 9.47 Å². The maximum atomic E-state index is 12.6. The van der Waals surface area contributed by atoms with E-state index >= 15 is 0 Å². The highest BCUT2D eigenvalue weighted by Gasteiger charge is 2.12. The molecule has 9 heteroatoms. The van der Waals surface area contributed by atoms with Crippen molar-refractivity contribution in [2.24, 2.45) is 0 Å². The second kappa shape index (κ2) is 20.6. The van der Waals surface area contributed by atoms with E-state index in [1.165, 1.54) is 82.1 Å². The average molecular weight is 619 g/mol. The Hall–Kier alpha value is -4.27. The van der Waals surface area contributed by atoms with Crippen molar-refractivity contribution >= 4 is 17.9 Å². The van der Waals surface area contributed by atoms with Gasteiger partial charge in [-0.2, -0.15) is 0 Å². The number of carbonyl (C=O) groups is 3. The number of carbonyl (C=O) groups excluding carboxylic acids is 3. The molecule has 0 N–H and O–H groups in total. The van der Waals surface area contributed by atoms with E-state index in [0.29, 0.717) is 48.1 Å². The van der Waals surface area contributed by atoms with Crippen molar-refractivity contribution in [1.82, 2.24) is 9.97 Å². The summed E-state index contributed by atoms with van der Waals surface area (Å²) in [6.07, 6.45) is 16.7. The topological polar surface area (TPSA) is 114 Å². The van der Waals surface area contributed by atoms with Crippen molar-refractivity contribution < 1.29 is 33.3 Å². The summed E-state index contributed by atoms with van der Waals surface area (Å²) in [6.45, 7) is 5.06. The molecule has 0 saturated carbocycles. The molecular formula is C36H46N2O7. The molecule has 0 aliphatic rings. The number of rotatable bonds is 21. The molecule has 1 heterocycles. The third kappa shape index (κ3) is 13.5. The zero-order valence-corrected chi connectivity index (χ0v) is 26.6. The molecule has 1 aromatic heterocycles. The minimum Gasteiger partial charge on any atom is -0.490 e. The number of esters is 3. The van der Waals surface area contributed by atoms with E-state index in [-0.39, 0.29) is 19.0 Å². The summed E-state index contributed by atoms with van der Waals surface area (Å²) in [5.74, 6) is 0.0831. The molecule has 0 aliphatic heterocycles. The molecule has 0 spiro atoms. The molecule has 0 saturated heterocycles. The second-order valence-corrected chi connectivity index (χ2v) is 10.8. The smallest absolute Gasteiger partial charge is 0.343 e. The molecule has 0 radical (unpaired) electrons. The Morgan fingerprint density at radius 1 is 0.600 bits per heavy atom. The van der Waals surface area contributed by atoms with E-state index < -0.39 is 11.9 Å². The van der Waals surface area contributed by atoms with Gasteiger partial charge in [-0.3, -0.25) is 4.79 Å². The summed E-state index contributed by atoms with van der Waals surface area (Å²) in [7, 11) is 0. The molecule has 0 fully saturated rings. The van der Waals surface area contributed by atoms with Gasteiger partial charge in [-0.25, -0.2) is 19.6 Å². The summed E-state index contributed by atoms with van der Waals surface area (Å²) in [4.78, 5) is 45.0. The predicted octanol–water partition coefficient (Wildman–Crippen LogP) is 8.16. The van der Waals surface area contributed by atoms with Crippen molar-refractivity contribution in [1.29, 1.82) is 0 Å². The Labute approximate surface area is 266 Å². The zero-order chi connectivity index (χ0) is 32.1. The van der Waals surface area contributed by atoms with Gasteiger partial charge in [-0.1, -0.05) is 76.8 Å². The molecular weight excluding hydrogens is 572 g/mol. The molecule has 242 valence electrons. The number of benzene rings is 2. The minimum atomic E-state index is -0.535. The summed E-state index contributed by atoms with van der Waals surface area (Å²) in [6, 6.07) is 12.9. The molecule has 3 rings (SSSR count). The van der Waals surface area contributed by atoms with E-state index in [1.807, 2.05) is 0 Å². The fourth-order valence-electron chi connectivity index (χ4n) is 4.60. The predicted molar refractivity (Wildman–Crippen MR) is 172 cm³/mol. The fraction of sp³-hybridized carbons (Fsp3) is 0.472. The highest BCUT2D eigenvalue weighted by molar-refractivity contribution is 5.92. The standard InChI is InChI=1S/C36H46N2O7/c1-3-5-6-7-8-9-10-11-12-13-24-43-32-26-37-34(38-27-32)28-16-18-30(19-17-28)36(41)45-31-22-20-29(21-23-31)35(40)44-25-14-15-33(39)42-4-2/h16-23,26-27H,3-15,24-25H2,1-2H3. The Bertz CT molecular complexity index is 1290. The SMILES string of the molecule is CCCCCCCCCCCCOc1cnc(-c2ccc(C(=O)Oc3ccc(C(=O)OCCCC(=O)OCC)cc3)cc2)nc1. The van der Waals surface area contributed by atoms with E-state index in [0.717, 1.165) is 12.0 Å². The average Bonchev–Trinajstić information content (AvgIpc) is 3.06. The number of ether oxygens (including phenoxy) is 4. The lowest BCUT2D eigenvalue weighted by atomic mass is 10.1. The van der Waals surface area contributed by atoms with Gasteiger partial charge in [0, 0.05) is 12.0 Å². The van der Waals surface area contributed by atoms with Crippen LogP contribution in [-0.4, -0.2) is 47.7 Å². The monoisotopic (exact) mass is 618 g/mol. The Morgan fingerprint density at radius 2 is 1.18 bits per heavy atom. The number of hydrogen-bond acceptors (Lipinski definition) is 9. The van der Waals surface area contributed by atoms with E-state index in [1.54, 1.807) is 43.6 Å². The summed E-state index contributed by atoms with van der Waals surface area (Å²) < 4.78 is 21.3. The van der Waals surface area contributed by atoms with Crippen LogP contribution in [-0.2, 0) is 14.3 Å². The highest BCUT2D eigenvalue weighted by atomic mass is 16.5. The van der Waals surface area contributed by atoms with Crippen molar-refractivity contribution in [3.8, 4) is 22.9 Å². The van der Waals surface area contributed by atoms with Crippen LogP contribution in [0.1, 0.15) is 112 Å². The molecule has 45 heavy (non-hydrogen) atoms. The minimum absolute atomic E-state index is 0.104. The molecule has 9 nitrogen and oxygen atoms in total. The van der Waals surface area contributed by atoms with Crippen molar-refractivity contribution in [2.75, 3.05) is 19.8 Å². The molecule has 2 aromatic carbocycles. The molecule has 0 amide bonds. The van der Waals surface area contributed by atoms with Crippen molar-refractivity contribution in [2.45, 2.75) is 90.9 Å². The second-order valence-electron chi connectivity index (χ2n) is 10.8. The first-order chi connectivity index (χ1) is 22.0. The lowest BCUT2D eigenvalue weighted by Crippen LogP contribution is -2.10. The van der Waals surface area contributed by atoms with Crippen molar-refractivity contribution in [3.05, 3.63) is 72.1 Å². The van der Waals surface area contributed by atoms with Gasteiger partial charge in [-0.05, 0) is 56.2 Å². The van der Waals surface area contributed by atoms with Crippen molar-refractivity contribution in [3.63, 3.8) is 0 Å². The van der Waals surface area contributed by atoms with Crippen LogP contribution in [0.25, 0.3) is 11.4 Å². The zero-order valence-electron chi connectivity index (χ0n) is 26.6.